The van der Waals surface area contributed by atoms with Gasteiger partial charge in [0, 0.05) is 13.1 Å². The Morgan fingerprint density at radius 2 is 1.80 bits per heavy atom. The molecule has 2 aliphatic carbocycles. The summed E-state index contributed by atoms with van der Waals surface area (Å²) in [7, 11) is 0. The highest BCUT2D eigenvalue weighted by Crippen LogP contribution is 2.28. The zero-order chi connectivity index (χ0) is 10.5. The predicted octanol–water partition coefficient (Wildman–Crippen LogP) is 1.88. The second kappa shape index (κ2) is 5.38. The van der Waals surface area contributed by atoms with E-state index in [4.69, 9.17) is 5.73 Å². The molecule has 0 aromatic carbocycles. The molecule has 0 radical (unpaired) electrons. The molecular weight excluding hydrogens is 186 g/mol. The molecule has 3 heteroatoms. The van der Waals surface area contributed by atoms with Crippen LogP contribution in [0, 0.1) is 11.8 Å². The van der Waals surface area contributed by atoms with E-state index in [1.807, 2.05) is 0 Å². The monoisotopic (exact) mass is 209 g/mol. The van der Waals surface area contributed by atoms with Crippen molar-refractivity contribution in [2.75, 3.05) is 13.1 Å². The number of hydrogen-bond acceptors (Lipinski definition) is 1. The highest BCUT2D eigenvalue weighted by Gasteiger charge is 2.17. The largest absolute Gasteiger partial charge is 0.370 e. The van der Waals surface area contributed by atoms with Gasteiger partial charge in [0.25, 0.3) is 0 Å². The minimum absolute atomic E-state index is 0.654. The fraction of sp³-hybridized carbons (Fsp3) is 0.917. The van der Waals surface area contributed by atoms with Gasteiger partial charge in [-0.25, -0.2) is 0 Å². The fourth-order valence-corrected chi connectivity index (χ4v) is 2.14. The third-order valence-electron chi connectivity index (χ3n) is 3.83. The van der Waals surface area contributed by atoms with Gasteiger partial charge in [-0.05, 0) is 31.1 Å². The third-order valence-corrected chi connectivity index (χ3v) is 3.83. The van der Waals surface area contributed by atoms with Crippen molar-refractivity contribution >= 4 is 5.96 Å². The lowest BCUT2D eigenvalue weighted by Gasteiger charge is -2.25. The number of nitrogens with two attached hydrogens (primary N) is 1. The Morgan fingerprint density at radius 1 is 1.13 bits per heavy atom. The third kappa shape index (κ3) is 3.40. The predicted molar refractivity (Wildman–Crippen MR) is 63.8 cm³/mol. The first-order chi connectivity index (χ1) is 7.34. The summed E-state index contributed by atoms with van der Waals surface area (Å²) in [4.78, 5) is 4.37. The fourth-order valence-electron chi connectivity index (χ4n) is 2.14. The highest BCUT2D eigenvalue weighted by molar-refractivity contribution is 5.77. The number of guanidine groups is 1. The number of hydrogen-bond donors (Lipinski definition) is 2. The van der Waals surface area contributed by atoms with E-state index in [2.05, 4.69) is 10.3 Å². The second-order valence-corrected chi connectivity index (χ2v) is 5.04. The van der Waals surface area contributed by atoms with Gasteiger partial charge < -0.3 is 11.1 Å². The molecule has 3 N–H and O–H groups in total. The summed E-state index contributed by atoms with van der Waals surface area (Å²) in [5.74, 6) is 2.43. The van der Waals surface area contributed by atoms with Crippen molar-refractivity contribution in [2.24, 2.45) is 22.6 Å². The smallest absolute Gasteiger partial charge is 0.188 e. The van der Waals surface area contributed by atoms with Gasteiger partial charge in [0.05, 0.1) is 0 Å². The zero-order valence-electron chi connectivity index (χ0n) is 9.54. The molecule has 0 aromatic rings. The van der Waals surface area contributed by atoms with Gasteiger partial charge in [0.1, 0.15) is 0 Å². The van der Waals surface area contributed by atoms with Crippen LogP contribution in [0.3, 0.4) is 0 Å². The first-order valence-corrected chi connectivity index (χ1v) is 6.38. The van der Waals surface area contributed by atoms with Gasteiger partial charge in [0.15, 0.2) is 5.96 Å². The van der Waals surface area contributed by atoms with Gasteiger partial charge in [-0.2, -0.15) is 0 Å². The van der Waals surface area contributed by atoms with Crippen LogP contribution in [-0.4, -0.2) is 19.0 Å². The molecule has 0 heterocycles. The van der Waals surface area contributed by atoms with E-state index in [1.54, 1.807) is 0 Å². The minimum atomic E-state index is 0.654. The van der Waals surface area contributed by atoms with Gasteiger partial charge in [-0.3, -0.25) is 4.99 Å². The van der Waals surface area contributed by atoms with Crippen molar-refractivity contribution in [1.82, 2.24) is 5.32 Å². The van der Waals surface area contributed by atoms with Crippen LogP contribution in [0.15, 0.2) is 4.99 Å². The maximum absolute atomic E-state index is 5.79. The molecule has 0 saturated heterocycles. The van der Waals surface area contributed by atoms with Crippen LogP contribution >= 0.6 is 0 Å². The molecular formula is C12H23N3. The second-order valence-electron chi connectivity index (χ2n) is 5.04. The van der Waals surface area contributed by atoms with Crippen molar-refractivity contribution in [2.45, 2.75) is 44.9 Å². The van der Waals surface area contributed by atoms with Crippen molar-refractivity contribution in [3.63, 3.8) is 0 Å². The zero-order valence-corrected chi connectivity index (χ0v) is 9.54. The number of nitrogens with one attached hydrogen (secondary N) is 1. The van der Waals surface area contributed by atoms with Crippen molar-refractivity contribution < 1.29 is 0 Å². The van der Waals surface area contributed by atoms with Crippen molar-refractivity contribution in [1.29, 1.82) is 0 Å². The van der Waals surface area contributed by atoms with Crippen LogP contribution in [0.4, 0.5) is 0 Å². The average molecular weight is 209 g/mol. The first-order valence-electron chi connectivity index (χ1n) is 6.38. The van der Waals surface area contributed by atoms with Gasteiger partial charge in [-0.15, -0.1) is 0 Å². The van der Waals surface area contributed by atoms with E-state index in [0.717, 1.165) is 24.9 Å². The Labute approximate surface area is 92.5 Å². The Morgan fingerprint density at radius 3 is 2.33 bits per heavy atom. The SMILES string of the molecule is NC(=NCC1CCC1)NCCC1CCC1. The lowest BCUT2D eigenvalue weighted by molar-refractivity contribution is 0.296. The molecule has 2 rings (SSSR count). The molecule has 3 nitrogen and oxygen atoms in total. The van der Waals surface area contributed by atoms with E-state index in [1.165, 1.54) is 44.9 Å². The van der Waals surface area contributed by atoms with Gasteiger partial charge >= 0.3 is 0 Å². The maximum Gasteiger partial charge on any atom is 0.188 e. The molecule has 0 aromatic heterocycles. The topological polar surface area (TPSA) is 50.4 Å². The Balaban J connectivity index is 1.52. The number of aliphatic imine (C=N–C) groups is 1. The van der Waals surface area contributed by atoms with Crippen LogP contribution in [0.5, 0.6) is 0 Å². The molecule has 2 fully saturated rings. The molecule has 86 valence electrons. The van der Waals surface area contributed by atoms with Crippen LogP contribution < -0.4 is 11.1 Å². The minimum Gasteiger partial charge on any atom is -0.370 e. The van der Waals surface area contributed by atoms with Crippen LogP contribution in [-0.2, 0) is 0 Å². The van der Waals surface area contributed by atoms with Gasteiger partial charge in [-0.1, -0.05) is 25.7 Å². The van der Waals surface area contributed by atoms with E-state index >= 15 is 0 Å². The lowest BCUT2D eigenvalue weighted by Crippen LogP contribution is -2.34. The van der Waals surface area contributed by atoms with Gasteiger partial charge in [0.2, 0.25) is 0 Å². The molecule has 0 amide bonds. The lowest BCUT2D eigenvalue weighted by atomic mass is 9.83. The maximum atomic E-state index is 5.79. The number of nitrogens with zero attached hydrogens (tertiary/aromatic N) is 1. The molecule has 15 heavy (non-hydrogen) atoms. The number of rotatable bonds is 5. The molecule has 0 bridgehead atoms. The summed E-state index contributed by atoms with van der Waals surface area (Å²) < 4.78 is 0. The van der Waals surface area contributed by atoms with E-state index < -0.39 is 0 Å². The van der Waals surface area contributed by atoms with Crippen molar-refractivity contribution in [3.8, 4) is 0 Å². The molecule has 2 saturated carbocycles. The molecule has 0 spiro atoms. The normalized spacial score (nSPS) is 23.3. The quantitative estimate of drug-likeness (QED) is 0.536. The average Bonchev–Trinajstić information content (AvgIpc) is 2.06. The Bertz CT molecular complexity index is 217. The van der Waals surface area contributed by atoms with E-state index in [-0.39, 0.29) is 0 Å². The van der Waals surface area contributed by atoms with Crippen LogP contribution in [0.1, 0.15) is 44.9 Å². The summed E-state index contributed by atoms with van der Waals surface area (Å²) >= 11 is 0. The molecule has 0 unspecified atom stereocenters. The summed E-state index contributed by atoms with van der Waals surface area (Å²) in [5, 5.41) is 3.21. The van der Waals surface area contributed by atoms with E-state index in [9.17, 15) is 0 Å². The summed E-state index contributed by atoms with van der Waals surface area (Å²) in [6.45, 7) is 1.94. The Kier molecular flexibility index (Phi) is 3.87. The molecule has 0 aliphatic heterocycles. The Hall–Kier alpha value is -0.730. The first kappa shape index (κ1) is 10.8. The van der Waals surface area contributed by atoms with E-state index in [0.29, 0.717) is 5.96 Å². The molecule has 2 aliphatic rings. The van der Waals surface area contributed by atoms with Crippen LogP contribution in [0.2, 0.25) is 0 Å². The van der Waals surface area contributed by atoms with Crippen molar-refractivity contribution in [3.05, 3.63) is 0 Å². The van der Waals surface area contributed by atoms with Crippen LogP contribution in [0.25, 0.3) is 0 Å². The summed E-state index contributed by atoms with van der Waals surface area (Å²) in [6, 6.07) is 0. The summed E-state index contributed by atoms with van der Waals surface area (Å²) in [6.07, 6.45) is 9.60. The summed E-state index contributed by atoms with van der Waals surface area (Å²) in [5.41, 5.74) is 5.79. The standard InChI is InChI=1S/C12H23N3/c13-12(15-9-11-5-2-6-11)14-8-7-10-3-1-4-10/h10-11H,1-9H2,(H3,13,14,15). The molecule has 0 atom stereocenters. The highest BCUT2D eigenvalue weighted by atomic mass is 15.1.